The van der Waals surface area contributed by atoms with Crippen molar-refractivity contribution in [2.45, 2.75) is 27.2 Å². The summed E-state index contributed by atoms with van der Waals surface area (Å²) in [4.78, 5) is 4.39. The second-order valence-electron chi connectivity index (χ2n) is 5.22. The van der Waals surface area contributed by atoms with Gasteiger partial charge in [-0.25, -0.2) is 0 Å². The van der Waals surface area contributed by atoms with Gasteiger partial charge >= 0.3 is 0 Å². The van der Waals surface area contributed by atoms with Gasteiger partial charge in [0, 0.05) is 11.6 Å². The van der Waals surface area contributed by atoms with E-state index in [1.54, 1.807) is 0 Å². The highest BCUT2D eigenvalue weighted by Gasteiger charge is 2.13. The molecule has 1 aromatic heterocycles. The molecule has 2 aromatic rings. The average molecular weight is 238 g/mol. The molecule has 92 valence electrons. The lowest BCUT2D eigenvalue weighted by atomic mass is 9.90. The first-order valence-electron chi connectivity index (χ1n) is 6.35. The number of hydrogen-bond acceptors (Lipinski definition) is 2. The van der Waals surface area contributed by atoms with E-state index in [1.165, 1.54) is 11.1 Å². The van der Waals surface area contributed by atoms with E-state index < -0.39 is 0 Å². The number of nitriles is 1. The van der Waals surface area contributed by atoms with Crippen molar-refractivity contribution in [3.63, 3.8) is 0 Å². The fourth-order valence-electron chi connectivity index (χ4n) is 2.10. The average Bonchev–Trinajstić information content (AvgIpc) is 2.35. The summed E-state index contributed by atoms with van der Waals surface area (Å²) in [7, 11) is 0. The minimum atomic E-state index is 0.0835. The largest absolute Gasteiger partial charge is 0.256 e. The fourth-order valence-corrected chi connectivity index (χ4v) is 2.10. The van der Waals surface area contributed by atoms with Crippen molar-refractivity contribution in [1.82, 2.24) is 4.98 Å². The van der Waals surface area contributed by atoms with E-state index in [4.69, 9.17) is 5.26 Å². The molecule has 0 bridgehead atoms. The summed E-state index contributed by atoms with van der Waals surface area (Å²) in [5.41, 5.74) is 3.40. The van der Waals surface area contributed by atoms with Gasteiger partial charge in [-0.2, -0.15) is 5.26 Å². The van der Waals surface area contributed by atoms with Crippen molar-refractivity contribution in [3.8, 4) is 6.07 Å². The van der Waals surface area contributed by atoms with Gasteiger partial charge in [-0.15, -0.1) is 0 Å². The zero-order valence-corrected chi connectivity index (χ0v) is 11.1. The predicted octanol–water partition coefficient (Wildman–Crippen LogP) is 3.88. The molecule has 0 aliphatic heterocycles. The second-order valence-corrected chi connectivity index (χ2v) is 5.22. The van der Waals surface area contributed by atoms with Crippen molar-refractivity contribution < 1.29 is 0 Å². The molecule has 1 unspecified atom stereocenters. The molecule has 0 amide bonds. The third-order valence-electron chi connectivity index (χ3n) is 3.31. The van der Waals surface area contributed by atoms with E-state index in [0.717, 1.165) is 17.3 Å². The monoisotopic (exact) mass is 238 g/mol. The highest BCUT2D eigenvalue weighted by Crippen LogP contribution is 2.20. The van der Waals surface area contributed by atoms with Crippen molar-refractivity contribution in [2.75, 3.05) is 0 Å². The number of aryl methyl sites for hydroxylation is 1. The van der Waals surface area contributed by atoms with Crippen molar-refractivity contribution in [2.24, 2.45) is 11.8 Å². The van der Waals surface area contributed by atoms with Crippen molar-refractivity contribution in [3.05, 3.63) is 41.6 Å². The van der Waals surface area contributed by atoms with Crippen LogP contribution in [0.5, 0.6) is 0 Å². The third kappa shape index (κ3) is 2.68. The molecule has 2 nitrogen and oxygen atoms in total. The number of aromatic nitrogens is 1. The first kappa shape index (κ1) is 12.6. The van der Waals surface area contributed by atoms with E-state index in [1.807, 2.05) is 19.2 Å². The molecule has 18 heavy (non-hydrogen) atoms. The Balaban J connectivity index is 2.32. The minimum absolute atomic E-state index is 0.0835. The number of nitrogens with zero attached hydrogens (tertiary/aromatic N) is 2. The van der Waals surface area contributed by atoms with Crippen LogP contribution in [0.15, 0.2) is 30.5 Å². The van der Waals surface area contributed by atoms with Crippen LogP contribution < -0.4 is 0 Å². The highest BCUT2D eigenvalue weighted by atomic mass is 14.6. The van der Waals surface area contributed by atoms with Gasteiger partial charge in [0.2, 0.25) is 0 Å². The van der Waals surface area contributed by atoms with Crippen LogP contribution in [0.1, 0.15) is 25.0 Å². The molecule has 0 saturated carbocycles. The van der Waals surface area contributed by atoms with Crippen molar-refractivity contribution in [1.29, 1.82) is 5.26 Å². The van der Waals surface area contributed by atoms with Gasteiger partial charge in [-0.3, -0.25) is 4.98 Å². The smallest absolute Gasteiger partial charge is 0.0702 e. The van der Waals surface area contributed by atoms with Gasteiger partial charge < -0.3 is 0 Å². The van der Waals surface area contributed by atoms with Crippen LogP contribution in [0.25, 0.3) is 10.9 Å². The van der Waals surface area contributed by atoms with Gasteiger partial charge in [-0.05, 0) is 48.6 Å². The maximum Gasteiger partial charge on any atom is 0.0702 e. The van der Waals surface area contributed by atoms with Crippen molar-refractivity contribution >= 4 is 10.9 Å². The molecule has 1 aromatic carbocycles. The molecule has 0 saturated heterocycles. The van der Waals surface area contributed by atoms with E-state index >= 15 is 0 Å². The fraction of sp³-hybridized carbons (Fsp3) is 0.375. The Bertz CT molecular complexity index is 594. The van der Waals surface area contributed by atoms with Crippen LogP contribution in [0.2, 0.25) is 0 Å². The first-order chi connectivity index (χ1) is 8.60. The highest BCUT2D eigenvalue weighted by molar-refractivity contribution is 5.79. The summed E-state index contributed by atoms with van der Waals surface area (Å²) in [6.07, 6.45) is 2.70. The summed E-state index contributed by atoms with van der Waals surface area (Å²) >= 11 is 0. The van der Waals surface area contributed by atoms with Gasteiger partial charge in [0.1, 0.15) is 0 Å². The van der Waals surface area contributed by atoms with Crippen LogP contribution in [-0.4, -0.2) is 4.98 Å². The van der Waals surface area contributed by atoms with Crippen LogP contribution in [0, 0.1) is 30.1 Å². The second kappa shape index (κ2) is 5.18. The van der Waals surface area contributed by atoms with E-state index in [0.29, 0.717) is 5.92 Å². The molecule has 2 heteroatoms. The minimum Gasteiger partial charge on any atom is -0.256 e. The molecule has 0 aliphatic carbocycles. The lowest BCUT2D eigenvalue weighted by Crippen LogP contribution is -2.09. The molecule has 0 N–H and O–H groups in total. The standard InChI is InChI=1S/C16H18N2/c1-11(2)15(9-17)8-13-4-5-16-14(7-13)6-12(3)10-18-16/h4-7,10-11,15H,8H2,1-3H3. The van der Waals surface area contributed by atoms with Gasteiger partial charge in [0.05, 0.1) is 17.5 Å². The summed E-state index contributed by atoms with van der Waals surface area (Å²) < 4.78 is 0. The zero-order chi connectivity index (χ0) is 13.1. The first-order valence-corrected chi connectivity index (χ1v) is 6.35. The SMILES string of the molecule is Cc1cnc2ccc(CC(C#N)C(C)C)cc2c1. The lowest BCUT2D eigenvalue weighted by molar-refractivity contribution is 0.474. The van der Waals surface area contributed by atoms with Gasteiger partial charge in [0.15, 0.2) is 0 Å². The third-order valence-corrected chi connectivity index (χ3v) is 3.31. The van der Waals surface area contributed by atoms with E-state index in [2.05, 4.69) is 43.1 Å². The van der Waals surface area contributed by atoms with Crippen LogP contribution >= 0.6 is 0 Å². The maximum atomic E-state index is 9.15. The topological polar surface area (TPSA) is 36.7 Å². The summed E-state index contributed by atoms with van der Waals surface area (Å²) in [6, 6.07) is 10.8. The van der Waals surface area contributed by atoms with Gasteiger partial charge in [-0.1, -0.05) is 19.9 Å². The zero-order valence-electron chi connectivity index (χ0n) is 11.1. The molecule has 1 atom stereocenters. The van der Waals surface area contributed by atoms with Crippen LogP contribution in [0.3, 0.4) is 0 Å². The summed E-state index contributed by atoms with van der Waals surface area (Å²) in [5, 5.41) is 10.3. The quantitative estimate of drug-likeness (QED) is 0.813. The number of rotatable bonds is 3. The van der Waals surface area contributed by atoms with E-state index in [9.17, 15) is 0 Å². The Morgan fingerprint density at radius 2 is 2.06 bits per heavy atom. The van der Waals surface area contributed by atoms with E-state index in [-0.39, 0.29) is 5.92 Å². The normalized spacial score (nSPS) is 12.6. The molecule has 0 radical (unpaired) electrons. The number of pyridine rings is 1. The number of hydrogen-bond donors (Lipinski definition) is 0. The Hall–Kier alpha value is -1.88. The molecular formula is C16H18N2. The predicted molar refractivity (Wildman–Crippen MR) is 74.1 cm³/mol. The Labute approximate surface area is 108 Å². The maximum absolute atomic E-state index is 9.15. The van der Waals surface area contributed by atoms with Crippen LogP contribution in [-0.2, 0) is 6.42 Å². The number of fused-ring (bicyclic) bond motifs is 1. The molecule has 2 rings (SSSR count). The Kier molecular flexibility index (Phi) is 3.62. The molecule has 0 fully saturated rings. The lowest BCUT2D eigenvalue weighted by Gasteiger charge is -2.13. The molecule has 0 spiro atoms. The molecule has 1 heterocycles. The molecule has 0 aliphatic rings. The Morgan fingerprint density at radius 3 is 2.72 bits per heavy atom. The number of benzene rings is 1. The summed E-state index contributed by atoms with van der Waals surface area (Å²) in [5.74, 6) is 0.474. The Morgan fingerprint density at radius 1 is 1.28 bits per heavy atom. The summed E-state index contributed by atoms with van der Waals surface area (Å²) in [6.45, 7) is 6.24. The molecular weight excluding hydrogens is 220 g/mol. The van der Waals surface area contributed by atoms with Gasteiger partial charge in [0.25, 0.3) is 0 Å². The van der Waals surface area contributed by atoms with Crippen LogP contribution in [0.4, 0.5) is 0 Å².